The van der Waals surface area contributed by atoms with Crippen molar-refractivity contribution in [1.29, 1.82) is 0 Å². The van der Waals surface area contributed by atoms with Crippen LogP contribution in [0.3, 0.4) is 0 Å². The molecule has 0 aliphatic rings. The van der Waals surface area contributed by atoms with Gasteiger partial charge in [-0.25, -0.2) is 0 Å². The SMILES string of the molecule is CCC(C)(C)N=CC(C)OC(C)(CC)C(=O)C(C)OC(C)(CC)C(C)(CC)C(=O)COC(C)(C)CC. The molecule has 0 spiro atoms. The van der Waals surface area contributed by atoms with E-state index in [0.29, 0.717) is 19.3 Å². The summed E-state index contributed by atoms with van der Waals surface area (Å²) in [7, 11) is 0. The van der Waals surface area contributed by atoms with E-state index >= 15 is 0 Å². The lowest BCUT2D eigenvalue weighted by atomic mass is 9.67. The van der Waals surface area contributed by atoms with Crippen LogP contribution in [0, 0.1) is 5.41 Å². The van der Waals surface area contributed by atoms with Crippen molar-refractivity contribution in [2.75, 3.05) is 6.61 Å². The highest BCUT2D eigenvalue weighted by Crippen LogP contribution is 2.42. The molecular formula is C30H57NO5. The van der Waals surface area contributed by atoms with Crippen molar-refractivity contribution in [3.8, 4) is 0 Å². The number of Topliss-reactive ketones (excluding diaryl/α,β-unsaturated/α-hetero) is 2. The molecule has 212 valence electrons. The molecule has 0 amide bonds. The normalized spacial score (nSPS) is 19.8. The Labute approximate surface area is 222 Å². The molecule has 0 aromatic rings. The summed E-state index contributed by atoms with van der Waals surface area (Å²) in [6.45, 7) is 27.6. The van der Waals surface area contributed by atoms with Crippen molar-refractivity contribution in [3.63, 3.8) is 0 Å². The van der Waals surface area contributed by atoms with Gasteiger partial charge in [0.1, 0.15) is 18.3 Å². The predicted octanol–water partition coefficient (Wildman–Crippen LogP) is 7.15. The molecule has 36 heavy (non-hydrogen) atoms. The fraction of sp³-hybridized carbons (Fsp3) is 0.900. The maximum Gasteiger partial charge on any atom is 0.192 e. The predicted molar refractivity (Wildman–Crippen MR) is 150 cm³/mol. The first-order valence-corrected chi connectivity index (χ1v) is 13.9. The van der Waals surface area contributed by atoms with Crippen LogP contribution in [0.25, 0.3) is 0 Å². The lowest BCUT2D eigenvalue weighted by Crippen LogP contribution is -2.56. The van der Waals surface area contributed by atoms with Crippen molar-refractivity contribution in [2.24, 2.45) is 10.4 Å². The van der Waals surface area contributed by atoms with Crippen LogP contribution in [-0.4, -0.2) is 58.9 Å². The van der Waals surface area contributed by atoms with Crippen LogP contribution in [-0.2, 0) is 23.8 Å². The zero-order valence-corrected chi connectivity index (χ0v) is 26.0. The van der Waals surface area contributed by atoms with Gasteiger partial charge in [-0.05, 0) is 94.4 Å². The summed E-state index contributed by atoms with van der Waals surface area (Å²) in [5, 5.41) is 0. The topological polar surface area (TPSA) is 74.2 Å². The second-order valence-electron chi connectivity index (χ2n) is 12.1. The number of ether oxygens (including phenoxy) is 3. The van der Waals surface area contributed by atoms with Gasteiger partial charge in [-0.1, -0.05) is 34.6 Å². The molecule has 0 aromatic carbocycles. The summed E-state index contributed by atoms with van der Waals surface area (Å²) < 4.78 is 18.7. The van der Waals surface area contributed by atoms with E-state index in [9.17, 15) is 9.59 Å². The molecule has 0 heterocycles. The van der Waals surface area contributed by atoms with Gasteiger partial charge in [-0.2, -0.15) is 0 Å². The maximum atomic E-state index is 13.7. The number of hydrogen-bond acceptors (Lipinski definition) is 6. The standard InChI is InChI=1S/C30H57NO5/c1-15-26(8,9)31-20-22(6)35-29(13,18-4)25(33)23(7)36-30(14,19-5)28(12,17-3)24(32)21-34-27(10,11)16-2/h20,22-23H,15-19,21H2,1-14H3. The van der Waals surface area contributed by atoms with Crippen LogP contribution >= 0.6 is 0 Å². The molecule has 0 N–H and O–H groups in total. The Morgan fingerprint density at radius 1 is 0.778 bits per heavy atom. The maximum absolute atomic E-state index is 13.7. The Morgan fingerprint density at radius 3 is 1.75 bits per heavy atom. The number of aliphatic imine (C=N–C) groups is 1. The summed E-state index contributed by atoms with van der Waals surface area (Å²) in [5.74, 6) is -0.137. The molecule has 0 aromatic heterocycles. The van der Waals surface area contributed by atoms with E-state index in [1.165, 1.54) is 0 Å². The van der Waals surface area contributed by atoms with Crippen LogP contribution in [0.1, 0.15) is 129 Å². The minimum Gasteiger partial charge on any atom is -0.368 e. The van der Waals surface area contributed by atoms with Gasteiger partial charge in [0.15, 0.2) is 11.6 Å². The number of hydrogen-bond donors (Lipinski definition) is 0. The number of nitrogens with zero attached hydrogens (tertiary/aromatic N) is 1. The van der Waals surface area contributed by atoms with Crippen molar-refractivity contribution < 1.29 is 23.8 Å². The minimum atomic E-state index is -1.03. The molecule has 0 bridgehead atoms. The highest BCUT2D eigenvalue weighted by molar-refractivity contribution is 5.91. The van der Waals surface area contributed by atoms with Gasteiger partial charge in [-0.3, -0.25) is 14.6 Å². The second kappa shape index (κ2) is 13.6. The van der Waals surface area contributed by atoms with Crippen LogP contribution in [0.15, 0.2) is 4.99 Å². The summed E-state index contributed by atoms with van der Waals surface area (Å²) in [5.41, 5.74) is -3.23. The second-order valence-corrected chi connectivity index (χ2v) is 12.1. The molecule has 6 nitrogen and oxygen atoms in total. The van der Waals surface area contributed by atoms with Crippen LogP contribution in [0.2, 0.25) is 0 Å². The van der Waals surface area contributed by atoms with E-state index in [0.717, 1.165) is 12.8 Å². The first-order chi connectivity index (χ1) is 16.3. The molecule has 0 fully saturated rings. The van der Waals surface area contributed by atoms with Crippen LogP contribution < -0.4 is 0 Å². The first kappa shape index (κ1) is 34.9. The molecular weight excluding hydrogens is 454 g/mol. The smallest absolute Gasteiger partial charge is 0.192 e. The summed E-state index contributed by atoms with van der Waals surface area (Å²) >= 11 is 0. The molecule has 0 saturated carbocycles. The fourth-order valence-electron chi connectivity index (χ4n) is 4.02. The minimum absolute atomic E-state index is 0.00611. The Hall–Kier alpha value is -1.11. The van der Waals surface area contributed by atoms with E-state index in [1.807, 2.05) is 69.2 Å². The van der Waals surface area contributed by atoms with Crippen molar-refractivity contribution >= 4 is 17.8 Å². The van der Waals surface area contributed by atoms with Gasteiger partial charge in [0, 0.05) is 6.21 Å². The van der Waals surface area contributed by atoms with E-state index < -0.39 is 22.7 Å². The number of ketones is 2. The van der Waals surface area contributed by atoms with E-state index in [1.54, 1.807) is 13.1 Å². The van der Waals surface area contributed by atoms with Crippen molar-refractivity contribution in [1.82, 2.24) is 0 Å². The van der Waals surface area contributed by atoms with Gasteiger partial charge in [-0.15, -0.1) is 0 Å². The highest BCUT2D eigenvalue weighted by Gasteiger charge is 2.51. The molecule has 0 rings (SSSR count). The zero-order valence-electron chi connectivity index (χ0n) is 26.0. The first-order valence-electron chi connectivity index (χ1n) is 13.9. The summed E-state index contributed by atoms with van der Waals surface area (Å²) in [6.07, 6.45) is 4.10. The van der Waals surface area contributed by atoms with Gasteiger partial charge in [0.05, 0.1) is 28.3 Å². The quantitative estimate of drug-likeness (QED) is 0.183. The molecule has 6 heteroatoms. The van der Waals surface area contributed by atoms with Crippen molar-refractivity contribution in [2.45, 2.75) is 164 Å². The Balaban J connectivity index is 5.78. The number of carbonyl (C=O) groups is 2. The largest absolute Gasteiger partial charge is 0.368 e. The molecule has 0 aliphatic heterocycles. The van der Waals surface area contributed by atoms with Crippen LogP contribution in [0.5, 0.6) is 0 Å². The monoisotopic (exact) mass is 511 g/mol. The Morgan fingerprint density at radius 2 is 1.33 bits per heavy atom. The summed E-state index contributed by atoms with van der Waals surface area (Å²) in [6, 6.07) is 0. The van der Waals surface area contributed by atoms with E-state index in [2.05, 4.69) is 25.8 Å². The highest BCUT2D eigenvalue weighted by atomic mass is 16.5. The third-order valence-electron chi connectivity index (χ3n) is 8.56. The van der Waals surface area contributed by atoms with Crippen LogP contribution in [0.4, 0.5) is 0 Å². The summed E-state index contributed by atoms with van der Waals surface area (Å²) in [4.78, 5) is 31.8. The molecule has 5 atom stereocenters. The van der Waals surface area contributed by atoms with Gasteiger partial charge < -0.3 is 14.2 Å². The van der Waals surface area contributed by atoms with Gasteiger partial charge in [0.25, 0.3) is 0 Å². The third kappa shape index (κ3) is 9.02. The molecule has 0 saturated heterocycles. The lowest BCUT2D eigenvalue weighted by molar-refractivity contribution is -0.189. The van der Waals surface area contributed by atoms with E-state index in [4.69, 9.17) is 14.2 Å². The lowest BCUT2D eigenvalue weighted by Gasteiger charge is -2.46. The number of carbonyl (C=O) groups excluding carboxylic acids is 2. The Bertz CT molecular complexity index is 746. The molecule has 0 radical (unpaired) electrons. The molecule has 0 aliphatic carbocycles. The molecule has 5 unspecified atom stereocenters. The van der Waals surface area contributed by atoms with E-state index in [-0.39, 0.29) is 35.4 Å². The zero-order chi connectivity index (χ0) is 28.6. The van der Waals surface area contributed by atoms with Gasteiger partial charge in [0.2, 0.25) is 0 Å². The Kier molecular flexibility index (Phi) is 13.2. The third-order valence-corrected chi connectivity index (χ3v) is 8.56. The number of rotatable bonds is 18. The fourth-order valence-corrected chi connectivity index (χ4v) is 4.02. The average molecular weight is 512 g/mol. The average Bonchev–Trinajstić information content (AvgIpc) is 2.84. The van der Waals surface area contributed by atoms with Gasteiger partial charge >= 0.3 is 0 Å². The van der Waals surface area contributed by atoms with Crippen molar-refractivity contribution in [3.05, 3.63) is 0 Å².